The van der Waals surface area contributed by atoms with E-state index in [9.17, 15) is 0 Å². The molecule has 0 spiro atoms. The summed E-state index contributed by atoms with van der Waals surface area (Å²) in [6.45, 7) is 4.94. The van der Waals surface area contributed by atoms with Gasteiger partial charge in [-0.1, -0.05) is 12.1 Å². The molecule has 0 amide bonds. The van der Waals surface area contributed by atoms with Crippen LogP contribution in [0.4, 0.5) is 0 Å². The van der Waals surface area contributed by atoms with E-state index >= 15 is 0 Å². The lowest BCUT2D eigenvalue weighted by Gasteiger charge is -2.18. The van der Waals surface area contributed by atoms with Gasteiger partial charge < -0.3 is 5.32 Å². The number of nitrogens with zero attached hydrogens (tertiary/aromatic N) is 4. The van der Waals surface area contributed by atoms with Crippen LogP contribution in [0.2, 0.25) is 0 Å². The van der Waals surface area contributed by atoms with Gasteiger partial charge in [0.1, 0.15) is 0 Å². The Bertz CT molecular complexity index is 518. The third-order valence-corrected chi connectivity index (χ3v) is 3.33. The molecular weight excluding hydrogens is 294 g/mol. The van der Waals surface area contributed by atoms with Gasteiger partial charge in [0.15, 0.2) is 4.60 Å². The molecule has 0 fully saturated rings. The number of pyridine rings is 1. The molecule has 0 radical (unpaired) electrons. The summed E-state index contributed by atoms with van der Waals surface area (Å²) in [5.74, 6) is 0. The van der Waals surface area contributed by atoms with Gasteiger partial charge in [0.25, 0.3) is 0 Å². The molecule has 1 atom stereocenters. The average molecular weight is 310 g/mol. The maximum absolute atomic E-state index is 4.23. The van der Waals surface area contributed by atoms with Crippen molar-refractivity contribution < 1.29 is 0 Å². The smallest absolute Gasteiger partial charge is 0.153 e. The van der Waals surface area contributed by atoms with E-state index in [1.54, 1.807) is 4.68 Å². The summed E-state index contributed by atoms with van der Waals surface area (Å²) in [6, 6.07) is 4.15. The monoisotopic (exact) mass is 309 g/mol. The van der Waals surface area contributed by atoms with E-state index in [1.165, 1.54) is 0 Å². The van der Waals surface area contributed by atoms with Crippen molar-refractivity contribution in [2.24, 2.45) is 7.05 Å². The van der Waals surface area contributed by atoms with Crippen LogP contribution in [-0.4, -0.2) is 26.5 Å². The molecule has 2 aromatic rings. The lowest BCUT2D eigenvalue weighted by atomic mass is 10.0. The van der Waals surface area contributed by atoms with Gasteiger partial charge in [-0.25, -0.2) is 4.68 Å². The zero-order valence-electron chi connectivity index (χ0n) is 10.7. The van der Waals surface area contributed by atoms with Gasteiger partial charge in [-0.3, -0.25) is 4.98 Å². The topological polar surface area (TPSA) is 55.6 Å². The SMILES string of the molecule is CCNC(c1ccnc(C)c1)c1c(Br)nnn1C. The van der Waals surface area contributed by atoms with E-state index in [1.807, 2.05) is 26.2 Å². The molecule has 1 N–H and O–H groups in total. The van der Waals surface area contributed by atoms with Crippen molar-refractivity contribution in [2.75, 3.05) is 6.54 Å². The van der Waals surface area contributed by atoms with Gasteiger partial charge in [-0.05, 0) is 47.1 Å². The third kappa shape index (κ3) is 2.59. The molecule has 1 unspecified atom stereocenters. The molecule has 6 heteroatoms. The highest BCUT2D eigenvalue weighted by Gasteiger charge is 2.21. The first-order valence-electron chi connectivity index (χ1n) is 5.84. The molecular formula is C12H16BrN5. The zero-order chi connectivity index (χ0) is 13.1. The maximum Gasteiger partial charge on any atom is 0.153 e. The summed E-state index contributed by atoms with van der Waals surface area (Å²) in [4.78, 5) is 4.23. The van der Waals surface area contributed by atoms with Crippen LogP contribution >= 0.6 is 15.9 Å². The summed E-state index contributed by atoms with van der Waals surface area (Å²) < 4.78 is 2.55. The Balaban J connectivity index is 2.46. The lowest BCUT2D eigenvalue weighted by Crippen LogP contribution is -2.24. The molecule has 0 aliphatic carbocycles. The lowest BCUT2D eigenvalue weighted by molar-refractivity contribution is 0.566. The third-order valence-electron chi connectivity index (χ3n) is 2.76. The standard InChI is InChI=1S/C12H16BrN5/c1-4-14-10(9-5-6-15-8(2)7-9)11-12(13)16-17-18(11)3/h5-7,10,14H,4H2,1-3H3. The molecule has 18 heavy (non-hydrogen) atoms. The first-order chi connectivity index (χ1) is 8.63. The fourth-order valence-corrected chi connectivity index (χ4v) is 2.53. The van der Waals surface area contributed by atoms with Gasteiger partial charge in [0.05, 0.1) is 11.7 Å². The molecule has 0 aromatic carbocycles. The molecule has 5 nitrogen and oxygen atoms in total. The molecule has 0 saturated heterocycles. The molecule has 2 heterocycles. The molecule has 2 rings (SSSR count). The first-order valence-corrected chi connectivity index (χ1v) is 6.63. The van der Waals surface area contributed by atoms with E-state index in [0.717, 1.165) is 28.1 Å². The van der Waals surface area contributed by atoms with E-state index in [-0.39, 0.29) is 6.04 Å². The Morgan fingerprint density at radius 2 is 2.28 bits per heavy atom. The van der Waals surface area contributed by atoms with Crippen LogP contribution in [0.15, 0.2) is 22.9 Å². The Morgan fingerprint density at radius 3 is 2.83 bits per heavy atom. The fraction of sp³-hybridized carbons (Fsp3) is 0.417. The number of nitrogens with one attached hydrogen (secondary N) is 1. The minimum atomic E-state index is 0.0612. The van der Waals surface area contributed by atoms with Crippen molar-refractivity contribution in [3.63, 3.8) is 0 Å². The summed E-state index contributed by atoms with van der Waals surface area (Å²) in [6.07, 6.45) is 1.83. The fourth-order valence-electron chi connectivity index (χ4n) is 1.97. The second kappa shape index (κ2) is 5.58. The van der Waals surface area contributed by atoms with E-state index in [4.69, 9.17) is 0 Å². The summed E-state index contributed by atoms with van der Waals surface area (Å²) in [7, 11) is 1.89. The summed E-state index contributed by atoms with van der Waals surface area (Å²) >= 11 is 3.45. The Kier molecular flexibility index (Phi) is 4.08. The Hall–Kier alpha value is -1.27. The van der Waals surface area contributed by atoms with Crippen LogP contribution in [0.1, 0.15) is 29.9 Å². The molecule has 0 aliphatic heterocycles. The summed E-state index contributed by atoms with van der Waals surface area (Å²) in [5.41, 5.74) is 3.18. The Morgan fingerprint density at radius 1 is 1.50 bits per heavy atom. The zero-order valence-corrected chi connectivity index (χ0v) is 12.3. The second-order valence-corrected chi connectivity index (χ2v) is 4.86. The van der Waals surface area contributed by atoms with Crippen LogP contribution in [-0.2, 0) is 7.05 Å². The normalized spacial score (nSPS) is 12.7. The maximum atomic E-state index is 4.23. The highest BCUT2D eigenvalue weighted by Crippen LogP contribution is 2.26. The van der Waals surface area contributed by atoms with Crippen molar-refractivity contribution in [3.8, 4) is 0 Å². The highest BCUT2D eigenvalue weighted by molar-refractivity contribution is 9.10. The quantitative estimate of drug-likeness (QED) is 0.938. The van der Waals surface area contributed by atoms with Crippen molar-refractivity contribution in [3.05, 3.63) is 39.9 Å². The van der Waals surface area contributed by atoms with Crippen LogP contribution < -0.4 is 5.32 Å². The van der Waals surface area contributed by atoms with Gasteiger partial charge in [-0.15, -0.1) is 5.10 Å². The van der Waals surface area contributed by atoms with E-state index in [2.05, 4.69) is 49.5 Å². The van der Waals surface area contributed by atoms with Crippen molar-refractivity contribution in [2.45, 2.75) is 19.9 Å². The van der Waals surface area contributed by atoms with E-state index < -0.39 is 0 Å². The van der Waals surface area contributed by atoms with Gasteiger partial charge >= 0.3 is 0 Å². The summed E-state index contributed by atoms with van der Waals surface area (Å²) in [5, 5.41) is 11.5. The van der Waals surface area contributed by atoms with Gasteiger partial charge in [0, 0.05) is 18.9 Å². The highest BCUT2D eigenvalue weighted by atomic mass is 79.9. The van der Waals surface area contributed by atoms with Crippen LogP contribution in [0.5, 0.6) is 0 Å². The molecule has 0 aliphatic rings. The van der Waals surface area contributed by atoms with Crippen LogP contribution in [0.3, 0.4) is 0 Å². The number of halogens is 1. The van der Waals surface area contributed by atoms with Crippen LogP contribution in [0, 0.1) is 6.92 Å². The van der Waals surface area contributed by atoms with Gasteiger partial charge in [-0.2, -0.15) is 0 Å². The van der Waals surface area contributed by atoms with Gasteiger partial charge in [0.2, 0.25) is 0 Å². The Labute approximate surface area is 115 Å². The largest absolute Gasteiger partial charge is 0.305 e. The number of rotatable bonds is 4. The van der Waals surface area contributed by atoms with E-state index in [0.29, 0.717) is 0 Å². The number of hydrogen-bond acceptors (Lipinski definition) is 4. The second-order valence-electron chi connectivity index (χ2n) is 4.11. The number of aryl methyl sites for hydroxylation is 2. The number of aromatic nitrogens is 4. The molecule has 96 valence electrons. The molecule has 0 saturated carbocycles. The minimum absolute atomic E-state index is 0.0612. The van der Waals surface area contributed by atoms with Crippen molar-refractivity contribution in [1.29, 1.82) is 0 Å². The van der Waals surface area contributed by atoms with Crippen LogP contribution in [0.25, 0.3) is 0 Å². The number of hydrogen-bond donors (Lipinski definition) is 1. The average Bonchev–Trinajstić information content (AvgIpc) is 2.67. The first kappa shape index (κ1) is 13.2. The minimum Gasteiger partial charge on any atom is -0.305 e. The predicted molar refractivity (Wildman–Crippen MR) is 73.2 cm³/mol. The van der Waals surface area contributed by atoms with Crippen molar-refractivity contribution in [1.82, 2.24) is 25.3 Å². The molecule has 0 bridgehead atoms. The predicted octanol–water partition coefficient (Wildman–Crippen LogP) is 1.98. The molecule has 2 aromatic heterocycles. The van der Waals surface area contributed by atoms with Crippen molar-refractivity contribution >= 4 is 15.9 Å².